The first-order valence-electron chi connectivity index (χ1n) is 9.89. The van der Waals surface area contributed by atoms with Crippen molar-refractivity contribution in [3.8, 4) is 11.5 Å². The lowest BCUT2D eigenvalue weighted by Gasteiger charge is -2.12. The average molecular weight is 458 g/mol. The number of hydrogen-bond donors (Lipinski definition) is 2. The zero-order valence-electron chi connectivity index (χ0n) is 17.8. The fraction of sp³-hybridized carbons (Fsp3) is 0.333. The molecular formula is C21H22N4O6S. The lowest BCUT2D eigenvalue weighted by atomic mass is 10.2. The van der Waals surface area contributed by atoms with E-state index >= 15 is 0 Å². The van der Waals surface area contributed by atoms with Gasteiger partial charge in [0.25, 0.3) is 17.4 Å². The number of aromatic nitrogens is 2. The molecule has 2 N–H and O–H groups in total. The van der Waals surface area contributed by atoms with Gasteiger partial charge in [-0.2, -0.15) is 0 Å². The molecule has 0 aliphatic heterocycles. The van der Waals surface area contributed by atoms with Gasteiger partial charge in [0.1, 0.15) is 4.83 Å². The van der Waals surface area contributed by atoms with Crippen LogP contribution in [0.5, 0.6) is 11.5 Å². The maximum atomic E-state index is 12.8. The van der Waals surface area contributed by atoms with Crippen LogP contribution in [0.1, 0.15) is 22.5 Å². The smallest absolute Gasteiger partial charge is 0.331 e. The summed E-state index contributed by atoms with van der Waals surface area (Å²) in [6.45, 7) is -0.169. The monoisotopic (exact) mass is 458 g/mol. The highest BCUT2D eigenvalue weighted by Gasteiger charge is 2.23. The van der Waals surface area contributed by atoms with Gasteiger partial charge >= 0.3 is 5.69 Å². The fourth-order valence-corrected chi connectivity index (χ4v) is 4.18. The molecule has 3 aromatic rings. The third kappa shape index (κ3) is 4.24. The van der Waals surface area contributed by atoms with Crippen LogP contribution >= 0.6 is 11.3 Å². The maximum absolute atomic E-state index is 12.8. The van der Waals surface area contributed by atoms with Crippen molar-refractivity contribution < 1.29 is 19.1 Å². The number of nitrogens with zero attached hydrogens (tertiary/aromatic N) is 2. The Hall–Kier alpha value is -3.60. The Morgan fingerprint density at radius 2 is 1.88 bits per heavy atom. The van der Waals surface area contributed by atoms with Crippen molar-refractivity contribution in [2.75, 3.05) is 19.0 Å². The molecule has 1 aromatic carbocycles. The minimum absolute atomic E-state index is 0.169. The highest BCUT2D eigenvalue weighted by molar-refractivity contribution is 7.20. The van der Waals surface area contributed by atoms with Crippen LogP contribution in [0.25, 0.3) is 10.2 Å². The number of carbonyl (C=O) groups is 2. The van der Waals surface area contributed by atoms with E-state index in [2.05, 4.69) is 10.6 Å². The molecule has 2 amide bonds. The van der Waals surface area contributed by atoms with Gasteiger partial charge in [-0.1, -0.05) is 0 Å². The molecule has 1 saturated carbocycles. The minimum Gasteiger partial charge on any atom is -0.493 e. The summed E-state index contributed by atoms with van der Waals surface area (Å²) in [5, 5.41) is 5.88. The SMILES string of the molecule is COc1ccc(NC(=O)c2cc3c(=O)n(C)c(=O)n(C)c3s2)cc1OCC(=O)NC1CC1. The Kier molecular flexibility index (Phi) is 5.74. The van der Waals surface area contributed by atoms with Crippen LogP contribution in [0.2, 0.25) is 0 Å². The number of nitrogens with one attached hydrogen (secondary N) is 2. The first-order chi connectivity index (χ1) is 15.3. The summed E-state index contributed by atoms with van der Waals surface area (Å²) < 4.78 is 13.2. The summed E-state index contributed by atoms with van der Waals surface area (Å²) >= 11 is 1.05. The summed E-state index contributed by atoms with van der Waals surface area (Å²) in [5.41, 5.74) is -0.491. The van der Waals surface area contributed by atoms with E-state index in [0.29, 0.717) is 27.4 Å². The van der Waals surface area contributed by atoms with Gasteiger partial charge in [0.15, 0.2) is 18.1 Å². The average Bonchev–Trinajstić information content (AvgIpc) is 3.47. The normalized spacial score (nSPS) is 13.1. The summed E-state index contributed by atoms with van der Waals surface area (Å²) in [4.78, 5) is 49.9. The molecule has 1 fully saturated rings. The minimum atomic E-state index is -0.459. The Balaban J connectivity index is 1.54. The summed E-state index contributed by atoms with van der Waals surface area (Å²) in [7, 11) is 4.42. The van der Waals surface area contributed by atoms with Crippen molar-refractivity contribution >= 4 is 39.1 Å². The van der Waals surface area contributed by atoms with Crippen LogP contribution < -0.4 is 31.4 Å². The molecule has 0 atom stereocenters. The lowest BCUT2D eigenvalue weighted by molar-refractivity contribution is -0.123. The Bertz CT molecular complexity index is 1330. The predicted octanol–water partition coefficient (Wildman–Crippen LogP) is 1.22. The zero-order valence-corrected chi connectivity index (χ0v) is 18.6. The van der Waals surface area contributed by atoms with Gasteiger partial charge in [0, 0.05) is 31.9 Å². The number of thiophene rings is 1. The summed E-state index contributed by atoms with van der Waals surface area (Å²) in [6.07, 6.45) is 1.96. The van der Waals surface area contributed by atoms with Crippen LogP contribution in [0.3, 0.4) is 0 Å². The molecule has 11 heteroatoms. The zero-order chi connectivity index (χ0) is 23.0. The lowest BCUT2D eigenvalue weighted by Crippen LogP contribution is -2.36. The molecule has 2 heterocycles. The molecule has 1 aliphatic carbocycles. The number of carbonyl (C=O) groups excluding carboxylic acids is 2. The van der Waals surface area contributed by atoms with Crippen molar-refractivity contribution in [3.05, 3.63) is 50.0 Å². The number of aryl methyl sites for hydroxylation is 1. The van der Waals surface area contributed by atoms with E-state index in [1.54, 1.807) is 25.2 Å². The van der Waals surface area contributed by atoms with Crippen LogP contribution in [-0.4, -0.2) is 40.7 Å². The van der Waals surface area contributed by atoms with E-state index < -0.39 is 17.2 Å². The van der Waals surface area contributed by atoms with Crippen molar-refractivity contribution in [1.29, 1.82) is 0 Å². The fourth-order valence-electron chi connectivity index (χ4n) is 3.18. The third-order valence-electron chi connectivity index (χ3n) is 5.07. The van der Waals surface area contributed by atoms with E-state index in [1.807, 2.05) is 0 Å². The predicted molar refractivity (Wildman–Crippen MR) is 120 cm³/mol. The molecule has 1 aliphatic rings. The van der Waals surface area contributed by atoms with Gasteiger partial charge in [0.2, 0.25) is 0 Å². The van der Waals surface area contributed by atoms with Gasteiger partial charge in [-0.15, -0.1) is 11.3 Å². The number of methoxy groups -OCH3 is 1. The van der Waals surface area contributed by atoms with E-state index in [0.717, 1.165) is 28.7 Å². The van der Waals surface area contributed by atoms with Crippen molar-refractivity contribution in [2.24, 2.45) is 14.1 Å². The second-order valence-corrected chi connectivity index (χ2v) is 8.52. The van der Waals surface area contributed by atoms with E-state index in [9.17, 15) is 19.2 Å². The Morgan fingerprint density at radius 1 is 1.12 bits per heavy atom. The number of ether oxygens (including phenoxy) is 2. The molecule has 32 heavy (non-hydrogen) atoms. The molecule has 4 rings (SSSR count). The number of rotatable bonds is 7. The molecule has 10 nitrogen and oxygen atoms in total. The second kappa shape index (κ2) is 8.50. The topological polar surface area (TPSA) is 121 Å². The third-order valence-corrected chi connectivity index (χ3v) is 6.28. The van der Waals surface area contributed by atoms with Crippen LogP contribution in [-0.2, 0) is 18.9 Å². The van der Waals surface area contributed by atoms with Gasteiger partial charge < -0.3 is 20.1 Å². The first-order valence-corrected chi connectivity index (χ1v) is 10.7. The Morgan fingerprint density at radius 3 is 2.56 bits per heavy atom. The second-order valence-electron chi connectivity index (χ2n) is 7.49. The number of fused-ring (bicyclic) bond motifs is 1. The molecule has 2 aromatic heterocycles. The number of benzene rings is 1. The summed E-state index contributed by atoms with van der Waals surface area (Å²) in [5.74, 6) is 0.0659. The molecule has 0 radical (unpaired) electrons. The van der Waals surface area contributed by atoms with Crippen molar-refractivity contribution in [1.82, 2.24) is 14.5 Å². The van der Waals surface area contributed by atoms with Crippen molar-refractivity contribution in [2.45, 2.75) is 18.9 Å². The first kappa shape index (κ1) is 21.6. The van der Waals surface area contributed by atoms with Gasteiger partial charge in [0.05, 0.1) is 17.4 Å². The molecular weight excluding hydrogens is 436 g/mol. The van der Waals surface area contributed by atoms with E-state index in [4.69, 9.17) is 9.47 Å². The molecule has 0 spiro atoms. The van der Waals surface area contributed by atoms with Crippen LogP contribution in [0.15, 0.2) is 33.9 Å². The maximum Gasteiger partial charge on any atom is 0.331 e. The van der Waals surface area contributed by atoms with Crippen LogP contribution in [0, 0.1) is 0 Å². The Labute approximate surface area is 186 Å². The number of anilines is 1. The van der Waals surface area contributed by atoms with E-state index in [1.165, 1.54) is 24.8 Å². The van der Waals surface area contributed by atoms with Crippen LogP contribution in [0.4, 0.5) is 5.69 Å². The quantitative estimate of drug-likeness (QED) is 0.549. The standard InChI is InChI=1S/C21H22N4O6S/c1-24-19(28)13-9-16(32-20(13)25(2)21(24)29)18(27)23-12-6-7-14(30-3)15(8-12)31-10-17(26)22-11-4-5-11/h6-9,11H,4-5,10H2,1-3H3,(H,22,26)(H,23,27). The molecule has 0 saturated heterocycles. The number of hydrogen-bond acceptors (Lipinski definition) is 7. The van der Waals surface area contributed by atoms with E-state index in [-0.39, 0.29) is 23.4 Å². The molecule has 168 valence electrons. The largest absolute Gasteiger partial charge is 0.493 e. The number of amides is 2. The molecule has 0 unspecified atom stereocenters. The highest BCUT2D eigenvalue weighted by Crippen LogP contribution is 2.31. The summed E-state index contributed by atoms with van der Waals surface area (Å²) in [6, 6.07) is 6.52. The van der Waals surface area contributed by atoms with Gasteiger partial charge in [-0.25, -0.2) is 4.79 Å². The van der Waals surface area contributed by atoms with Gasteiger partial charge in [-0.05, 0) is 31.0 Å². The highest BCUT2D eigenvalue weighted by atomic mass is 32.1. The van der Waals surface area contributed by atoms with Gasteiger partial charge in [-0.3, -0.25) is 23.5 Å². The molecule has 0 bridgehead atoms. The van der Waals surface area contributed by atoms with Crippen molar-refractivity contribution in [3.63, 3.8) is 0 Å².